The molecule has 3 rings (SSSR count). The van der Waals surface area contributed by atoms with E-state index in [0.717, 1.165) is 11.1 Å². The molecule has 0 aliphatic carbocycles. The van der Waals surface area contributed by atoms with Crippen molar-refractivity contribution in [2.45, 2.75) is 12.5 Å². The highest BCUT2D eigenvalue weighted by Gasteiger charge is 2.28. The highest BCUT2D eigenvalue weighted by atomic mass is 16.5. The second-order valence-electron chi connectivity index (χ2n) is 6.24. The van der Waals surface area contributed by atoms with Gasteiger partial charge >= 0.3 is 11.9 Å². The van der Waals surface area contributed by atoms with Gasteiger partial charge in [-0.2, -0.15) is 0 Å². The van der Waals surface area contributed by atoms with Crippen LogP contribution in [0.5, 0.6) is 0 Å². The lowest BCUT2D eigenvalue weighted by molar-refractivity contribution is -0.131. The number of hydrogen-bond acceptors (Lipinski definition) is 5. The number of cyclic esters (lactones) is 1. The van der Waals surface area contributed by atoms with Gasteiger partial charge in [-0.1, -0.05) is 30.3 Å². The highest BCUT2D eigenvalue weighted by Crippen LogP contribution is 2.31. The lowest BCUT2D eigenvalue weighted by atomic mass is 9.93. The minimum absolute atomic E-state index is 0.302. The van der Waals surface area contributed by atoms with Crippen LogP contribution in [0.25, 0.3) is 0 Å². The van der Waals surface area contributed by atoms with Crippen molar-refractivity contribution >= 4 is 17.8 Å². The van der Waals surface area contributed by atoms with Crippen LogP contribution in [0.1, 0.15) is 37.9 Å². The first kappa shape index (κ1) is 17.7. The maximum Gasteiger partial charge on any atom is 0.339 e. The summed E-state index contributed by atoms with van der Waals surface area (Å²) in [6.45, 7) is -0.322. The van der Waals surface area contributed by atoms with Crippen molar-refractivity contribution in [3.63, 3.8) is 0 Å². The first-order valence-electron chi connectivity index (χ1n) is 8.22. The summed E-state index contributed by atoms with van der Waals surface area (Å²) in [5, 5.41) is 0. The number of fused-ring (bicyclic) bond motifs is 1. The largest absolute Gasteiger partial charge is 0.454 e. The Bertz CT molecular complexity index is 845. The van der Waals surface area contributed by atoms with E-state index in [2.05, 4.69) is 0 Å². The Morgan fingerprint density at radius 3 is 2.58 bits per heavy atom. The van der Waals surface area contributed by atoms with Crippen LogP contribution in [0.2, 0.25) is 0 Å². The van der Waals surface area contributed by atoms with E-state index in [-0.39, 0.29) is 12.5 Å². The molecule has 0 radical (unpaired) electrons. The number of carbonyl (C=O) groups is 3. The number of likely N-dealkylation sites (N-methyl/N-ethyl adjacent to an activating group) is 1. The van der Waals surface area contributed by atoms with Gasteiger partial charge in [0.15, 0.2) is 6.61 Å². The molecule has 1 unspecified atom stereocenters. The Morgan fingerprint density at radius 2 is 1.88 bits per heavy atom. The number of rotatable bonds is 4. The van der Waals surface area contributed by atoms with Gasteiger partial charge in [-0.25, -0.2) is 9.59 Å². The summed E-state index contributed by atoms with van der Waals surface area (Å²) < 4.78 is 10.5. The van der Waals surface area contributed by atoms with Crippen molar-refractivity contribution in [1.29, 1.82) is 0 Å². The normalized spacial score (nSPS) is 15.6. The molecule has 6 heteroatoms. The Hall–Kier alpha value is -3.15. The molecule has 0 N–H and O–H groups in total. The van der Waals surface area contributed by atoms with Crippen molar-refractivity contribution in [3.8, 4) is 0 Å². The third-order valence-corrected chi connectivity index (χ3v) is 4.21. The molecule has 1 aliphatic rings. The standard InChI is InChI=1S/C20H19NO5/c1-21(2)18(22)12-25-19(23)14-8-9-16-15(10-14)11-17(26-20(16)24)13-6-4-3-5-7-13/h3-10,17H,11-12H2,1-2H3. The Labute approximate surface area is 151 Å². The summed E-state index contributed by atoms with van der Waals surface area (Å²) in [6, 6.07) is 14.2. The SMILES string of the molecule is CN(C)C(=O)COC(=O)c1ccc2c(c1)CC(c1ccccc1)OC2=O. The first-order valence-corrected chi connectivity index (χ1v) is 8.22. The molecule has 0 aromatic heterocycles. The maximum absolute atomic E-state index is 12.3. The maximum atomic E-state index is 12.3. The Balaban J connectivity index is 1.78. The molecular formula is C20H19NO5. The van der Waals surface area contributed by atoms with Crippen LogP contribution in [0.4, 0.5) is 0 Å². The van der Waals surface area contributed by atoms with Gasteiger partial charge in [-0.3, -0.25) is 4.79 Å². The van der Waals surface area contributed by atoms with Crippen LogP contribution < -0.4 is 0 Å². The molecule has 2 aromatic rings. The van der Waals surface area contributed by atoms with Gasteiger partial charge in [0.1, 0.15) is 6.10 Å². The average Bonchev–Trinajstić information content (AvgIpc) is 2.65. The molecule has 134 valence electrons. The van der Waals surface area contributed by atoms with Crippen molar-refractivity contribution in [2.24, 2.45) is 0 Å². The van der Waals surface area contributed by atoms with E-state index >= 15 is 0 Å². The van der Waals surface area contributed by atoms with Crippen LogP contribution in [-0.2, 0) is 20.7 Å². The number of esters is 2. The van der Waals surface area contributed by atoms with Gasteiger partial charge in [-0.05, 0) is 29.3 Å². The summed E-state index contributed by atoms with van der Waals surface area (Å²) in [4.78, 5) is 37.3. The van der Waals surface area contributed by atoms with E-state index in [1.165, 1.54) is 11.0 Å². The summed E-state index contributed by atoms with van der Waals surface area (Å²) >= 11 is 0. The van der Waals surface area contributed by atoms with E-state index in [0.29, 0.717) is 17.5 Å². The van der Waals surface area contributed by atoms with Crippen LogP contribution in [0.3, 0.4) is 0 Å². The zero-order chi connectivity index (χ0) is 18.7. The van der Waals surface area contributed by atoms with Gasteiger partial charge < -0.3 is 14.4 Å². The second-order valence-corrected chi connectivity index (χ2v) is 6.24. The molecule has 0 fully saturated rings. The smallest absolute Gasteiger partial charge is 0.339 e. The fraction of sp³-hybridized carbons (Fsp3) is 0.250. The third-order valence-electron chi connectivity index (χ3n) is 4.21. The zero-order valence-electron chi connectivity index (χ0n) is 14.6. The van der Waals surface area contributed by atoms with Gasteiger partial charge in [0, 0.05) is 20.5 Å². The number of ether oxygens (including phenoxy) is 2. The van der Waals surface area contributed by atoms with Crippen molar-refractivity contribution < 1.29 is 23.9 Å². The molecule has 6 nitrogen and oxygen atoms in total. The van der Waals surface area contributed by atoms with E-state index in [1.807, 2.05) is 30.3 Å². The molecule has 1 amide bonds. The van der Waals surface area contributed by atoms with Crippen molar-refractivity contribution in [2.75, 3.05) is 20.7 Å². The minimum atomic E-state index is -0.599. The number of nitrogens with zero attached hydrogens (tertiary/aromatic N) is 1. The monoisotopic (exact) mass is 353 g/mol. The quantitative estimate of drug-likeness (QED) is 0.789. The van der Waals surface area contributed by atoms with Crippen LogP contribution >= 0.6 is 0 Å². The minimum Gasteiger partial charge on any atom is -0.454 e. The predicted octanol–water partition coefficient (Wildman–Crippen LogP) is 2.39. The molecule has 1 heterocycles. The third kappa shape index (κ3) is 3.74. The van der Waals surface area contributed by atoms with Crippen molar-refractivity contribution in [3.05, 3.63) is 70.8 Å². The second kappa shape index (κ2) is 7.39. The molecule has 0 spiro atoms. The number of hydrogen-bond donors (Lipinski definition) is 0. The number of amides is 1. The van der Waals surface area contributed by atoms with Gasteiger partial charge in [0.2, 0.25) is 0 Å². The summed E-state index contributed by atoms with van der Waals surface area (Å²) in [5.74, 6) is -1.31. The molecule has 1 aliphatic heterocycles. The molecule has 26 heavy (non-hydrogen) atoms. The Morgan fingerprint density at radius 1 is 1.15 bits per heavy atom. The lowest BCUT2D eigenvalue weighted by Crippen LogP contribution is -2.27. The Kier molecular flexibility index (Phi) is 5.02. The lowest BCUT2D eigenvalue weighted by Gasteiger charge is -2.25. The van der Waals surface area contributed by atoms with Crippen molar-refractivity contribution in [1.82, 2.24) is 4.90 Å². The topological polar surface area (TPSA) is 72.9 Å². The summed E-state index contributed by atoms with van der Waals surface area (Å²) in [7, 11) is 3.18. The van der Waals surface area contributed by atoms with Gasteiger partial charge in [-0.15, -0.1) is 0 Å². The van der Waals surface area contributed by atoms with Crippen LogP contribution in [0.15, 0.2) is 48.5 Å². The van der Waals surface area contributed by atoms with E-state index in [1.54, 1.807) is 26.2 Å². The zero-order valence-corrected chi connectivity index (χ0v) is 14.6. The molecule has 0 saturated carbocycles. The highest BCUT2D eigenvalue weighted by molar-refractivity contribution is 5.96. The fourth-order valence-electron chi connectivity index (χ4n) is 2.72. The predicted molar refractivity (Wildman–Crippen MR) is 93.7 cm³/mol. The number of benzene rings is 2. The molecular weight excluding hydrogens is 334 g/mol. The van der Waals surface area contributed by atoms with E-state index in [9.17, 15) is 14.4 Å². The fourth-order valence-corrected chi connectivity index (χ4v) is 2.72. The molecule has 1 atom stereocenters. The van der Waals surface area contributed by atoms with Crippen LogP contribution in [0, 0.1) is 0 Å². The van der Waals surface area contributed by atoms with Crippen LogP contribution in [-0.4, -0.2) is 43.4 Å². The molecule has 0 saturated heterocycles. The summed E-state index contributed by atoms with van der Waals surface area (Å²) in [6.07, 6.45) is 0.0841. The van der Waals surface area contributed by atoms with Gasteiger partial charge in [0.25, 0.3) is 5.91 Å². The molecule has 2 aromatic carbocycles. The summed E-state index contributed by atoms with van der Waals surface area (Å²) in [5.41, 5.74) is 2.37. The van der Waals surface area contributed by atoms with E-state index < -0.39 is 18.0 Å². The average molecular weight is 353 g/mol. The molecule has 0 bridgehead atoms. The number of carbonyl (C=O) groups excluding carboxylic acids is 3. The van der Waals surface area contributed by atoms with Gasteiger partial charge in [0.05, 0.1) is 11.1 Å². The first-order chi connectivity index (χ1) is 12.5. The van der Waals surface area contributed by atoms with E-state index in [4.69, 9.17) is 9.47 Å².